The molecule has 5 nitrogen and oxygen atoms in total. The summed E-state index contributed by atoms with van der Waals surface area (Å²) in [4.78, 5) is 4.63. The van der Waals surface area contributed by atoms with Crippen molar-refractivity contribution in [3.63, 3.8) is 0 Å². The van der Waals surface area contributed by atoms with Crippen LogP contribution in [-0.4, -0.2) is 39.1 Å². The SMILES string of the molecule is OC[C@H](O)Cn1c([C@@H]2CCCO2)nc2ccccc21. The summed E-state index contributed by atoms with van der Waals surface area (Å²) in [5.74, 6) is 0.853. The standard InChI is InChI=1S/C14H18N2O3/c17-9-10(18)8-16-12-5-2-1-4-11(12)15-14(16)13-6-3-7-19-13/h1-2,4-5,10,13,17-18H,3,6-9H2/t10-,13+/m1/s1. The summed E-state index contributed by atoms with van der Waals surface area (Å²) < 4.78 is 7.66. The van der Waals surface area contributed by atoms with Crippen molar-refractivity contribution in [2.75, 3.05) is 13.2 Å². The summed E-state index contributed by atoms with van der Waals surface area (Å²) in [6, 6.07) is 7.83. The number of aromatic nitrogens is 2. The topological polar surface area (TPSA) is 67.5 Å². The number of ether oxygens (including phenoxy) is 1. The highest BCUT2D eigenvalue weighted by molar-refractivity contribution is 5.76. The third-order valence-electron chi connectivity index (χ3n) is 3.51. The van der Waals surface area contributed by atoms with Gasteiger partial charge >= 0.3 is 0 Å². The zero-order chi connectivity index (χ0) is 13.2. The molecule has 0 saturated carbocycles. The Balaban J connectivity index is 2.05. The second kappa shape index (κ2) is 5.28. The minimum atomic E-state index is -0.780. The molecule has 3 rings (SSSR count). The molecule has 19 heavy (non-hydrogen) atoms. The molecule has 2 aromatic rings. The van der Waals surface area contributed by atoms with Crippen LogP contribution in [0.3, 0.4) is 0 Å². The van der Waals surface area contributed by atoms with Crippen molar-refractivity contribution in [2.45, 2.75) is 31.6 Å². The number of fused-ring (bicyclic) bond motifs is 1. The molecule has 1 fully saturated rings. The fourth-order valence-corrected chi connectivity index (χ4v) is 2.58. The van der Waals surface area contributed by atoms with Crippen LogP contribution in [0, 0.1) is 0 Å². The molecule has 2 N–H and O–H groups in total. The number of nitrogens with zero attached hydrogens (tertiary/aromatic N) is 2. The lowest BCUT2D eigenvalue weighted by atomic mass is 10.2. The molecule has 1 aromatic carbocycles. The van der Waals surface area contributed by atoms with Crippen LogP contribution in [-0.2, 0) is 11.3 Å². The Morgan fingerprint density at radius 2 is 2.26 bits per heavy atom. The Labute approximate surface area is 111 Å². The Kier molecular flexibility index (Phi) is 3.50. The summed E-state index contributed by atoms with van der Waals surface area (Å²) in [6.07, 6.45) is 1.21. The first-order valence-corrected chi connectivity index (χ1v) is 6.65. The van der Waals surface area contributed by atoms with Crippen LogP contribution >= 0.6 is 0 Å². The summed E-state index contributed by atoms with van der Waals surface area (Å²) in [7, 11) is 0. The number of para-hydroxylation sites is 2. The average Bonchev–Trinajstić information content (AvgIpc) is 3.06. The predicted molar refractivity (Wildman–Crippen MR) is 70.8 cm³/mol. The lowest BCUT2D eigenvalue weighted by molar-refractivity contribution is 0.0729. The van der Waals surface area contributed by atoms with Gasteiger partial charge in [0, 0.05) is 6.61 Å². The fraction of sp³-hybridized carbons (Fsp3) is 0.500. The van der Waals surface area contributed by atoms with Crippen LogP contribution in [0.2, 0.25) is 0 Å². The summed E-state index contributed by atoms with van der Waals surface area (Å²) in [6.45, 7) is 0.847. The minimum Gasteiger partial charge on any atom is -0.394 e. The number of aliphatic hydroxyl groups is 2. The van der Waals surface area contributed by atoms with E-state index < -0.39 is 6.10 Å². The molecule has 0 bridgehead atoms. The van der Waals surface area contributed by atoms with E-state index in [4.69, 9.17) is 9.84 Å². The lowest BCUT2D eigenvalue weighted by Crippen LogP contribution is -2.22. The van der Waals surface area contributed by atoms with Crippen LogP contribution in [0.1, 0.15) is 24.8 Å². The predicted octanol–water partition coefficient (Wildman–Crippen LogP) is 1.24. The molecule has 1 aliphatic rings. The second-order valence-corrected chi connectivity index (χ2v) is 4.91. The molecule has 102 valence electrons. The Bertz CT molecular complexity index is 561. The number of hydrogen-bond acceptors (Lipinski definition) is 4. The van der Waals surface area contributed by atoms with E-state index in [2.05, 4.69) is 4.98 Å². The van der Waals surface area contributed by atoms with Gasteiger partial charge in [0.05, 0.1) is 30.3 Å². The number of benzene rings is 1. The van der Waals surface area contributed by atoms with Crippen molar-refractivity contribution < 1.29 is 14.9 Å². The largest absolute Gasteiger partial charge is 0.394 e. The summed E-state index contributed by atoms with van der Waals surface area (Å²) in [5, 5.41) is 18.8. The van der Waals surface area contributed by atoms with E-state index in [1.807, 2.05) is 28.8 Å². The highest BCUT2D eigenvalue weighted by Gasteiger charge is 2.25. The average molecular weight is 262 g/mol. The zero-order valence-electron chi connectivity index (χ0n) is 10.7. The Hall–Kier alpha value is -1.43. The molecule has 2 atom stereocenters. The van der Waals surface area contributed by atoms with Gasteiger partial charge in [-0.1, -0.05) is 12.1 Å². The van der Waals surface area contributed by atoms with Gasteiger partial charge in [-0.3, -0.25) is 0 Å². The van der Waals surface area contributed by atoms with Crippen molar-refractivity contribution in [3.8, 4) is 0 Å². The normalized spacial score (nSPS) is 21.1. The molecule has 0 unspecified atom stereocenters. The van der Waals surface area contributed by atoms with E-state index >= 15 is 0 Å². The smallest absolute Gasteiger partial charge is 0.139 e. The Morgan fingerprint density at radius 3 is 3.00 bits per heavy atom. The van der Waals surface area contributed by atoms with Gasteiger partial charge in [0.25, 0.3) is 0 Å². The van der Waals surface area contributed by atoms with Gasteiger partial charge in [-0.05, 0) is 25.0 Å². The van der Waals surface area contributed by atoms with E-state index in [0.29, 0.717) is 6.54 Å². The molecule has 1 aromatic heterocycles. The van der Waals surface area contributed by atoms with E-state index in [0.717, 1.165) is 36.3 Å². The van der Waals surface area contributed by atoms with Crippen molar-refractivity contribution in [1.29, 1.82) is 0 Å². The lowest BCUT2D eigenvalue weighted by Gasteiger charge is -2.15. The van der Waals surface area contributed by atoms with Gasteiger partial charge in [0.2, 0.25) is 0 Å². The van der Waals surface area contributed by atoms with E-state index in [-0.39, 0.29) is 12.7 Å². The first-order valence-electron chi connectivity index (χ1n) is 6.65. The first kappa shape index (κ1) is 12.6. The summed E-state index contributed by atoms with van der Waals surface area (Å²) in [5.41, 5.74) is 1.87. The van der Waals surface area contributed by atoms with Crippen molar-refractivity contribution >= 4 is 11.0 Å². The van der Waals surface area contributed by atoms with Gasteiger partial charge in [0.1, 0.15) is 11.9 Å². The van der Waals surface area contributed by atoms with Crippen molar-refractivity contribution in [3.05, 3.63) is 30.1 Å². The van der Waals surface area contributed by atoms with Crippen LogP contribution in [0.15, 0.2) is 24.3 Å². The van der Waals surface area contributed by atoms with Crippen LogP contribution < -0.4 is 0 Å². The van der Waals surface area contributed by atoms with Gasteiger partial charge < -0.3 is 19.5 Å². The van der Waals surface area contributed by atoms with Crippen LogP contribution in [0.5, 0.6) is 0 Å². The molecule has 0 aliphatic carbocycles. The molecule has 0 radical (unpaired) electrons. The van der Waals surface area contributed by atoms with E-state index in [1.165, 1.54) is 0 Å². The maximum atomic E-state index is 9.72. The number of hydrogen-bond donors (Lipinski definition) is 2. The molecule has 5 heteroatoms. The first-order chi connectivity index (χ1) is 9.29. The van der Waals surface area contributed by atoms with Crippen LogP contribution in [0.25, 0.3) is 11.0 Å². The number of aliphatic hydroxyl groups excluding tert-OH is 2. The second-order valence-electron chi connectivity index (χ2n) is 4.91. The molecular formula is C14H18N2O3. The number of rotatable bonds is 4. The highest BCUT2D eigenvalue weighted by atomic mass is 16.5. The fourth-order valence-electron chi connectivity index (χ4n) is 2.58. The third-order valence-corrected chi connectivity index (χ3v) is 3.51. The zero-order valence-corrected chi connectivity index (χ0v) is 10.7. The van der Waals surface area contributed by atoms with Gasteiger partial charge in [-0.15, -0.1) is 0 Å². The number of imidazole rings is 1. The Morgan fingerprint density at radius 1 is 1.42 bits per heavy atom. The van der Waals surface area contributed by atoms with Gasteiger partial charge in [-0.2, -0.15) is 0 Å². The van der Waals surface area contributed by atoms with E-state index in [9.17, 15) is 5.11 Å². The van der Waals surface area contributed by atoms with Crippen molar-refractivity contribution in [1.82, 2.24) is 9.55 Å². The molecule has 2 heterocycles. The highest BCUT2D eigenvalue weighted by Crippen LogP contribution is 2.30. The maximum absolute atomic E-state index is 9.72. The minimum absolute atomic E-state index is 0.00158. The molecular weight excluding hydrogens is 244 g/mol. The maximum Gasteiger partial charge on any atom is 0.139 e. The quantitative estimate of drug-likeness (QED) is 0.870. The summed E-state index contributed by atoms with van der Waals surface area (Å²) >= 11 is 0. The monoisotopic (exact) mass is 262 g/mol. The van der Waals surface area contributed by atoms with Crippen LogP contribution in [0.4, 0.5) is 0 Å². The van der Waals surface area contributed by atoms with Gasteiger partial charge in [0.15, 0.2) is 0 Å². The van der Waals surface area contributed by atoms with Gasteiger partial charge in [-0.25, -0.2) is 4.98 Å². The third kappa shape index (κ3) is 2.36. The molecule has 1 aliphatic heterocycles. The van der Waals surface area contributed by atoms with E-state index in [1.54, 1.807) is 0 Å². The molecule has 1 saturated heterocycles. The van der Waals surface area contributed by atoms with Crippen molar-refractivity contribution in [2.24, 2.45) is 0 Å². The molecule has 0 amide bonds. The molecule has 0 spiro atoms.